The highest BCUT2D eigenvalue weighted by Crippen LogP contribution is 2.20. The van der Waals surface area contributed by atoms with Crippen molar-refractivity contribution < 1.29 is 9.13 Å². The van der Waals surface area contributed by atoms with Crippen molar-refractivity contribution in [3.05, 3.63) is 57.2 Å². The van der Waals surface area contributed by atoms with Gasteiger partial charge in [-0.25, -0.2) is 9.18 Å². The minimum atomic E-state index is -0.390. The van der Waals surface area contributed by atoms with Crippen molar-refractivity contribution >= 4 is 5.82 Å². The van der Waals surface area contributed by atoms with E-state index in [0.29, 0.717) is 25.5 Å². The number of rotatable bonds is 4. The molecule has 28 heavy (non-hydrogen) atoms. The molecule has 3 rings (SSSR count). The van der Waals surface area contributed by atoms with E-state index in [0.717, 1.165) is 16.7 Å². The van der Waals surface area contributed by atoms with Crippen LogP contribution in [0.1, 0.15) is 11.1 Å². The van der Waals surface area contributed by atoms with Gasteiger partial charge in [0.1, 0.15) is 29.5 Å². The van der Waals surface area contributed by atoms with E-state index in [4.69, 9.17) is 10.1 Å². The maximum atomic E-state index is 13.1. The molecule has 1 aromatic heterocycles. The molecule has 1 atom stereocenters. The molecule has 9 heteroatoms. The van der Waals surface area contributed by atoms with Crippen molar-refractivity contribution in [1.29, 1.82) is 10.7 Å². The highest BCUT2D eigenvalue weighted by Gasteiger charge is 2.28. The van der Waals surface area contributed by atoms with E-state index in [1.165, 1.54) is 23.7 Å². The number of halogens is 1. The largest absolute Gasteiger partial charge is 0.356 e. The van der Waals surface area contributed by atoms with Gasteiger partial charge in [0.25, 0.3) is 0 Å². The molecule has 0 amide bonds. The van der Waals surface area contributed by atoms with Gasteiger partial charge in [0.2, 0.25) is 0 Å². The summed E-state index contributed by atoms with van der Waals surface area (Å²) in [5.74, 6) is 0.0842. The Morgan fingerprint density at radius 1 is 1.32 bits per heavy atom. The van der Waals surface area contributed by atoms with Gasteiger partial charge in [-0.1, -0.05) is 12.1 Å². The van der Waals surface area contributed by atoms with Crippen molar-refractivity contribution in [3.63, 3.8) is 0 Å². The molecule has 1 fully saturated rings. The predicted molar refractivity (Wildman–Crippen MR) is 101 cm³/mol. The molecule has 2 heterocycles. The normalized spacial score (nSPS) is 17.3. The van der Waals surface area contributed by atoms with Crippen LogP contribution in [0.25, 0.3) is 0 Å². The fourth-order valence-electron chi connectivity index (χ4n) is 3.41. The summed E-state index contributed by atoms with van der Waals surface area (Å²) >= 11 is 0. The number of ether oxygens (including phenoxy) is 1. The Morgan fingerprint density at radius 3 is 2.64 bits per heavy atom. The van der Waals surface area contributed by atoms with Crippen LogP contribution >= 0.6 is 0 Å². The maximum absolute atomic E-state index is 13.1. The highest BCUT2D eigenvalue weighted by molar-refractivity contribution is 5.53. The van der Waals surface area contributed by atoms with Gasteiger partial charge in [-0.3, -0.25) is 19.4 Å². The second-order valence-electron chi connectivity index (χ2n) is 6.86. The van der Waals surface area contributed by atoms with Crippen LogP contribution < -0.4 is 16.1 Å². The van der Waals surface area contributed by atoms with Crippen LogP contribution in [-0.2, 0) is 25.4 Å². The number of morpholine rings is 1. The average Bonchev–Trinajstić information content (AvgIpc) is 2.70. The van der Waals surface area contributed by atoms with E-state index >= 15 is 0 Å². The third kappa shape index (κ3) is 3.69. The summed E-state index contributed by atoms with van der Waals surface area (Å²) in [6.07, 6.45) is -0.390. The third-order valence-corrected chi connectivity index (χ3v) is 5.02. The minimum Gasteiger partial charge on any atom is -0.356 e. The zero-order valence-electron chi connectivity index (χ0n) is 16.1. The Bertz CT molecular complexity index is 1020. The van der Waals surface area contributed by atoms with E-state index in [9.17, 15) is 14.4 Å². The van der Waals surface area contributed by atoms with E-state index < -0.39 is 0 Å². The van der Waals surface area contributed by atoms with Crippen LogP contribution in [0, 0.1) is 22.6 Å². The van der Waals surface area contributed by atoms with Crippen LogP contribution in [0.3, 0.4) is 0 Å². The molecule has 1 unspecified atom stereocenters. The van der Waals surface area contributed by atoms with Crippen LogP contribution in [0.4, 0.5) is 10.2 Å². The fourth-order valence-corrected chi connectivity index (χ4v) is 3.41. The number of hydrogen-bond acceptors (Lipinski definition) is 6. The molecule has 148 valence electrons. The van der Waals surface area contributed by atoms with E-state index in [1.807, 2.05) is 6.07 Å². The summed E-state index contributed by atoms with van der Waals surface area (Å²) in [4.78, 5) is 16.3. The Labute approximate surface area is 162 Å². The van der Waals surface area contributed by atoms with Gasteiger partial charge < -0.3 is 9.64 Å². The molecular formula is C19H23FN6O2. The van der Waals surface area contributed by atoms with Crippen LogP contribution in [0.5, 0.6) is 0 Å². The van der Waals surface area contributed by atoms with Crippen molar-refractivity contribution in [2.45, 2.75) is 12.8 Å². The third-order valence-electron chi connectivity index (χ3n) is 5.02. The smallest absolute Gasteiger partial charge is 0.330 e. The predicted octanol–water partition coefficient (Wildman–Crippen LogP) is 0.509. The summed E-state index contributed by atoms with van der Waals surface area (Å²) in [6.45, 7) is 2.40. The molecule has 0 bridgehead atoms. The van der Waals surface area contributed by atoms with Gasteiger partial charge in [-0.05, 0) is 17.7 Å². The van der Waals surface area contributed by atoms with Gasteiger partial charge in [-0.15, -0.1) is 0 Å². The van der Waals surface area contributed by atoms with Crippen molar-refractivity contribution in [2.75, 3.05) is 31.6 Å². The van der Waals surface area contributed by atoms with Gasteiger partial charge in [0, 0.05) is 40.8 Å². The Balaban J connectivity index is 1.86. The summed E-state index contributed by atoms with van der Waals surface area (Å²) in [7, 11) is 4.80. The minimum absolute atomic E-state index is 0.117. The number of anilines is 1. The van der Waals surface area contributed by atoms with Gasteiger partial charge >= 0.3 is 5.69 Å². The molecular weight excluding hydrogens is 363 g/mol. The van der Waals surface area contributed by atoms with Crippen molar-refractivity contribution in [3.8, 4) is 6.07 Å². The zero-order valence-corrected chi connectivity index (χ0v) is 16.1. The van der Waals surface area contributed by atoms with E-state index in [1.54, 1.807) is 31.1 Å². The summed E-state index contributed by atoms with van der Waals surface area (Å²) in [5.41, 5.74) is 0.595. The number of nitrogens with one attached hydrogen (secondary N) is 1. The molecule has 1 aromatic carbocycles. The Hall–Kier alpha value is -2.96. The first-order valence-electron chi connectivity index (χ1n) is 8.89. The number of nitrogens with zero attached hydrogens (tertiary/aromatic N) is 5. The highest BCUT2D eigenvalue weighted by atomic mass is 19.1. The topological polar surface area (TPSA) is 90.3 Å². The molecule has 0 saturated carbocycles. The summed E-state index contributed by atoms with van der Waals surface area (Å²) in [6, 6.07) is 8.42. The molecule has 8 nitrogen and oxygen atoms in total. The average molecular weight is 386 g/mol. The lowest BCUT2D eigenvalue weighted by molar-refractivity contribution is -0.0304. The standard InChI is InChI=1S/C19H23FN6O2/c1-23(18-15(10-21)17(22)24(2)19(27)25(18)3)16-12-26(8-9-28-16)11-13-4-6-14(20)7-5-13/h4-7,16,22H,8-9,11-12H2,1-3H3. The van der Waals surface area contributed by atoms with Gasteiger partial charge in [-0.2, -0.15) is 5.26 Å². The first-order chi connectivity index (χ1) is 13.3. The second-order valence-corrected chi connectivity index (χ2v) is 6.86. The lowest BCUT2D eigenvalue weighted by atomic mass is 10.2. The lowest BCUT2D eigenvalue weighted by Gasteiger charge is -2.39. The molecule has 1 N–H and O–H groups in total. The molecule has 1 saturated heterocycles. The molecule has 0 radical (unpaired) electrons. The molecule has 1 aliphatic heterocycles. The Morgan fingerprint density at radius 2 is 2.00 bits per heavy atom. The maximum Gasteiger partial charge on any atom is 0.330 e. The number of likely N-dealkylation sites (N-methyl/N-ethyl adjacent to an activating group) is 1. The lowest BCUT2D eigenvalue weighted by Crippen LogP contribution is -2.52. The SMILES string of the molecule is CN(c1c(C#N)c(=N)n(C)c(=O)n1C)C1CN(Cc2ccc(F)cc2)CCO1. The first kappa shape index (κ1) is 19.8. The van der Waals surface area contributed by atoms with Crippen LogP contribution in [0.2, 0.25) is 0 Å². The van der Waals surface area contributed by atoms with Crippen LogP contribution in [0.15, 0.2) is 29.1 Å². The summed E-state index contributed by atoms with van der Waals surface area (Å²) < 4.78 is 21.5. The second kappa shape index (κ2) is 7.96. The van der Waals surface area contributed by atoms with Gasteiger partial charge in [0.05, 0.1) is 6.61 Å². The number of aromatic nitrogens is 2. The molecule has 2 aromatic rings. The molecule has 0 spiro atoms. The van der Waals surface area contributed by atoms with E-state index in [2.05, 4.69) is 4.90 Å². The van der Waals surface area contributed by atoms with Crippen LogP contribution in [-0.4, -0.2) is 47.0 Å². The van der Waals surface area contributed by atoms with Crippen molar-refractivity contribution in [1.82, 2.24) is 14.0 Å². The Kier molecular flexibility index (Phi) is 5.63. The quantitative estimate of drug-likeness (QED) is 0.827. The number of benzene rings is 1. The van der Waals surface area contributed by atoms with E-state index in [-0.39, 0.29) is 28.8 Å². The monoisotopic (exact) mass is 386 g/mol. The molecule has 1 aliphatic rings. The summed E-state index contributed by atoms with van der Waals surface area (Å²) in [5, 5.41) is 17.7. The first-order valence-corrected chi connectivity index (χ1v) is 8.89. The zero-order chi connectivity index (χ0) is 20.4. The molecule has 0 aliphatic carbocycles. The number of hydrogen-bond donors (Lipinski definition) is 1. The fraction of sp³-hybridized carbons (Fsp3) is 0.421. The van der Waals surface area contributed by atoms with Crippen molar-refractivity contribution in [2.24, 2.45) is 14.1 Å². The van der Waals surface area contributed by atoms with Gasteiger partial charge in [0.15, 0.2) is 5.49 Å². The number of nitriles is 1.